The van der Waals surface area contributed by atoms with Crippen molar-refractivity contribution in [2.24, 2.45) is 0 Å². The van der Waals surface area contributed by atoms with Gasteiger partial charge in [-0.3, -0.25) is 15.0 Å². The number of benzene rings is 2. The molecule has 0 unspecified atom stereocenters. The Bertz CT molecular complexity index is 1320. The van der Waals surface area contributed by atoms with Crippen molar-refractivity contribution in [3.8, 4) is 5.75 Å². The van der Waals surface area contributed by atoms with Gasteiger partial charge in [0.2, 0.25) is 0 Å². The van der Waals surface area contributed by atoms with Crippen molar-refractivity contribution in [2.45, 2.75) is 19.5 Å². The fourth-order valence-corrected chi connectivity index (χ4v) is 4.78. The molecule has 2 aromatic heterocycles. The van der Waals surface area contributed by atoms with Gasteiger partial charge in [-0.25, -0.2) is 9.78 Å². The minimum Gasteiger partial charge on any atom is -0.484 e. The largest absolute Gasteiger partial charge is 0.484 e. The minimum atomic E-state index is -0.428. The van der Waals surface area contributed by atoms with Crippen LogP contribution in [0.15, 0.2) is 69.9 Å². The zero-order valence-corrected chi connectivity index (χ0v) is 18.1. The monoisotopic (exact) mass is 447 g/mol. The van der Waals surface area contributed by atoms with E-state index in [0.717, 1.165) is 37.1 Å². The third-order valence-electron chi connectivity index (χ3n) is 5.27. The Morgan fingerprint density at radius 3 is 2.88 bits per heavy atom. The first-order valence-electron chi connectivity index (χ1n) is 10.3. The molecule has 0 saturated carbocycles. The fourth-order valence-electron chi connectivity index (χ4n) is 3.71. The van der Waals surface area contributed by atoms with Gasteiger partial charge >= 0.3 is 5.63 Å². The topological polar surface area (TPSA) is 84.7 Å². The highest BCUT2D eigenvalue weighted by molar-refractivity contribution is 7.15. The molecule has 0 atom stereocenters. The lowest BCUT2D eigenvalue weighted by Crippen LogP contribution is -2.29. The number of hydrogen-bond acceptors (Lipinski definition) is 7. The third-order valence-corrected chi connectivity index (χ3v) is 6.27. The van der Waals surface area contributed by atoms with Gasteiger partial charge in [-0.05, 0) is 23.8 Å². The van der Waals surface area contributed by atoms with E-state index in [1.165, 1.54) is 27.8 Å². The molecule has 5 rings (SSSR count). The fraction of sp³-hybridized carbons (Fsp3) is 0.208. The average Bonchev–Trinajstić information content (AvgIpc) is 3.19. The predicted octanol–water partition coefficient (Wildman–Crippen LogP) is 3.83. The van der Waals surface area contributed by atoms with Crippen LogP contribution in [-0.2, 0) is 24.3 Å². The van der Waals surface area contributed by atoms with Gasteiger partial charge in [-0.15, -0.1) is 11.3 Å². The second-order valence-electron chi connectivity index (χ2n) is 7.63. The number of carbonyl (C=O) groups is 1. The smallest absolute Gasteiger partial charge is 0.336 e. The van der Waals surface area contributed by atoms with E-state index in [0.29, 0.717) is 16.5 Å². The van der Waals surface area contributed by atoms with Crippen LogP contribution in [0.25, 0.3) is 11.0 Å². The summed E-state index contributed by atoms with van der Waals surface area (Å²) < 4.78 is 10.7. The highest BCUT2D eigenvalue weighted by atomic mass is 32.1. The molecule has 2 aromatic carbocycles. The van der Waals surface area contributed by atoms with E-state index in [9.17, 15) is 9.59 Å². The van der Waals surface area contributed by atoms with E-state index in [1.807, 2.05) is 6.07 Å². The molecule has 0 fully saturated rings. The van der Waals surface area contributed by atoms with E-state index in [4.69, 9.17) is 9.15 Å². The first-order valence-corrected chi connectivity index (χ1v) is 11.2. The summed E-state index contributed by atoms with van der Waals surface area (Å²) in [6, 6.07) is 18.6. The van der Waals surface area contributed by atoms with Crippen LogP contribution in [0.1, 0.15) is 16.1 Å². The molecule has 32 heavy (non-hydrogen) atoms. The average molecular weight is 448 g/mol. The Morgan fingerprint density at radius 2 is 2.00 bits per heavy atom. The van der Waals surface area contributed by atoms with Crippen LogP contribution in [0.3, 0.4) is 0 Å². The van der Waals surface area contributed by atoms with E-state index in [-0.39, 0.29) is 12.5 Å². The number of carbonyl (C=O) groups excluding carboxylic acids is 1. The quantitative estimate of drug-likeness (QED) is 0.452. The normalized spacial score (nSPS) is 13.6. The molecule has 162 valence electrons. The second kappa shape index (κ2) is 8.94. The Kier molecular flexibility index (Phi) is 5.70. The van der Waals surface area contributed by atoms with Crippen molar-refractivity contribution in [3.63, 3.8) is 0 Å². The molecule has 1 N–H and O–H groups in total. The van der Waals surface area contributed by atoms with Crippen LogP contribution in [0.5, 0.6) is 5.75 Å². The zero-order chi connectivity index (χ0) is 21.9. The van der Waals surface area contributed by atoms with Crippen LogP contribution in [0, 0.1) is 0 Å². The molecule has 7 nitrogen and oxygen atoms in total. The maximum atomic E-state index is 12.4. The molecule has 0 bridgehead atoms. The van der Waals surface area contributed by atoms with Crippen molar-refractivity contribution in [3.05, 3.63) is 87.2 Å². The summed E-state index contributed by atoms with van der Waals surface area (Å²) in [6.45, 7) is 2.52. The van der Waals surface area contributed by atoms with Crippen molar-refractivity contribution >= 4 is 33.3 Å². The highest BCUT2D eigenvalue weighted by Crippen LogP contribution is 2.29. The van der Waals surface area contributed by atoms with Gasteiger partial charge < -0.3 is 9.15 Å². The van der Waals surface area contributed by atoms with Gasteiger partial charge in [0.25, 0.3) is 5.91 Å². The molecular formula is C24H21N3O4S. The molecule has 1 amide bonds. The van der Waals surface area contributed by atoms with Crippen LogP contribution < -0.4 is 15.7 Å². The Hall–Kier alpha value is -3.49. The standard InChI is InChI=1S/C24H21N3O4S/c28-22(15-30-18-8-6-17-7-9-23(29)31-20(17)12-18)26-24-25-19-10-11-27(14-21(19)32-24)13-16-4-2-1-3-5-16/h1-9,12H,10-11,13-15H2,(H,25,26,28). The highest BCUT2D eigenvalue weighted by Gasteiger charge is 2.21. The molecule has 8 heteroatoms. The van der Waals surface area contributed by atoms with Crippen molar-refractivity contribution in [2.75, 3.05) is 18.5 Å². The number of nitrogens with one attached hydrogen (secondary N) is 1. The van der Waals surface area contributed by atoms with Crippen molar-refractivity contribution in [1.82, 2.24) is 9.88 Å². The molecule has 3 heterocycles. The summed E-state index contributed by atoms with van der Waals surface area (Å²) in [5.41, 5.74) is 2.34. The number of amides is 1. The van der Waals surface area contributed by atoms with Crippen LogP contribution >= 0.6 is 11.3 Å². The summed E-state index contributed by atoms with van der Waals surface area (Å²) in [6.07, 6.45) is 0.868. The molecule has 0 saturated heterocycles. The number of aromatic nitrogens is 1. The Morgan fingerprint density at radius 1 is 1.16 bits per heavy atom. The van der Waals surface area contributed by atoms with E-state index in [2.05, 4.69) is 39.5 Å². The van der Waals surface area contributed by atoms with Crippen LogP contribution in [-0.4, -0.2) is 28.9 Å². The van der Waals surface area contributed by atoms with Crippen LogP contribution in [0.4, 0.5) is 5.13 Å². The number of ether oxygens (including phenoxy) is 1. The van der Waals surface area contributed by atoms with Gasteiger partial charge in [-0.2, -0.15) is 0 Å². The SMILES string of the molecule is O=C(COc1ccc2ccc(=O)oc2c1)Nc1nc2c(s1)CN(Cc1ccccc1)CC2. The van der Waals surface area contributed by atoms with E-state index < -0.39 is 5.63 Å². The predicted molar refractivity (Wildman–Crippen MR) is 123 cm³/mol. The van der Waals surface area contributed by atoms with Crippen LogP contribution in [0.2, 0.25) is 0 Å². The summed E-state index contributed by atoms with van der Waals surface area (Å²) in [5, 5.41) is 4.21. The number of fused-ring (bicyclic) bond motifs is 2. The summed E-state index contributed by atoms with van der Waals surface area (Å²) >= 11 is 1.51. The molecule has 1 aliphatic rings. The maximum absolute atomic E-state index is 12.4. The number of rotatable bonds is 6. The summed E-state index contributed by atoms with van der Waals surface area (Å²) in [7, 11) is 0. The lowest BCUT2D eigenvalue weighted by molar-refractivity contribution is -0.118. The molecule has 0 aliphatic carbocycles. The molecule has 4 aromatic rings. The summed E-state index contributed by atoms with van der Waals surface area (Å²) in [4.78, 5) is 31.9. The first kappa shape index (κ1) is 20.4. The first-order chi connectivity index (χ1) is 15.6. The van der Waals surface area contributed by atoms with Gasteiger partial charge in [-0.1, -0.05) is 30.3 Å². The maximum Gasteiger partial charge on any atom is 0.336 e. The molecule has 0 spiro atoms. The second-order valence-corrected chi connectivity index (χ2v) is 8.71. The minimum absolute atomic E-state index is 0.160. The lowest BCUT2D eigenvalue weighted by Gasteiger charge is -2.25. The van der Waals surface area contributed by atoms with Gasteiger partial charge in [0.05, 0.1) is 5.69 Å². The number of nitrogens with zero attached hydrogens (tertiary/aromatic N) is 2. The summed E-state index contributed by atoms with van der Waals surface area (Å²) in [5.74, 6) is 0.170. The van der Waals surface area contributed by atoms with Crippen molar-refractivity contribution < 1.29 is 13.9 Å². The van der Waals surface area contributed by atoms with E-state index >= 15 is 0 Å². The molecule has 1 aliphatic heterocycles. The molecular weight excluding hydrogens is 426 g/mol. The zero-order valence-electron chi connectivity index (χ0n) is 17.2. The van der Waals surface area contributed by atoms with E-state index in [1.54, 1.807) is 24.3 Å². The number of hydrogen-bond donors (Lipinski definition) is 1. The number of thiazole rings is 1. The van der Waals surface area contributed by atoms with Gasteiger partial charge in [0.1, 0.15) is 11.3 Å². The van der Waals surface area contributed by atoms with Gasteiger partial charge in [0.15, 0.2) is 11.7 Å². The lowest BCUT2D eigenvalue weighted by atomic mass is 10.1. The number of anilines is 1. The third kappa shape index (κ3) is 4.71. The molecule has 0 radical (unpaired) electrons. The Labute approximate surface area is 188 Å². The van der Waals surface area contributed by atoms with Crippen molar-refractivity contribution in [1.29, 1.82) is 0 Å². The van der Waals surface area contributed by atoms with Gasteiger partial charge in [0, 0.05) is 48.5 Å². The Balaban J connectivity index is 1.17.